The van der Waals surface area contributed by atoms with Gasteiger partial charge in [0.25, 0.3) is 0 Å². The van der Waals surface area contributed by atoms with Gasteiger partial charge in [-0.3, -0.25) is 4.98 Å². The summed E-state index contributed by atoms with van der Waals surface area (Å²) in [6.45, 7) is 0. The van der Waals surface area contributed by atoms with Crippen LogP contribution < -0.4 is 10.1 Å². The number of fused-ring (bicyclic) bond motifs is 3. The van der Waals surface area contributed by atoms with E-state index in [1.165, 1.54) is 0 Å². The Balaban J connectivity index is 1.66. The van der Waals surface area contributed by atoms with Gasteiger partial charge in [0.1, 0.15) is 18.1 Å². The summed E-state index contributed by atoms with van der Waals surface area (Å²) in [5, 5.41) is 8.64. The quantitative estimate of drug-likeness (QED) is 0.507. The summed E-state index contributed by atoms with van der Waals surface area (Å²) < 4.78 is 8.42. The van der Waals surface area contributed by atoms with Crippen LogP contribution in [-0.4, -0.2) is 19.7 Å². The molecule has 2 aliphatic heterocycles. The van der Waals surface area contributed by atoms with Crippen LogP contribution in [0.1, 0.15) is 28.8 Å². The zero-order valence-corrected chi connectivity index (χ0v) is 16.5. The molecule has 2 atom stereocenters. The number of nitrogens with zero attached hydrogens (tertiary/aromatic N) is 4. The van der Waals surface area contributed by atoms with Gasteiger partial charge in [-0.15, -0.1) is 0 Å². The van der Waals surface area contributed by atoms with Gasteiger partial charge in [0.05, 0.1) is 5.70 Å². The molecule has 0 saturated carbocycles. The van der Waals surface area contributed by atoms with Gasteiger partial charge in [-0.2, -0.15) is 10.1 Å². The Morgan fingerprint density at radius 3 is 2.73 bits per heavy atom. The summed E-state index contributed by atoms with van der Waals surface area (Å²) in [5.74, 6) is 1.48. The number of rotatable bonds is 2. The number of pyridine rings is 1. The van der Waals surface area contributed by atoms with E-state index in [0.717, 1.165) is 33.7 Å². The molecule has 4 aromatic rings. The van der Waals surface area contributed by atoms with Crippen LogP contribution in [0, 0.1) is 0 Å². The van der Waals surface area contributed by atoms with Gasteiger partial charge in [-0.05, 0) is 29.8 Å². The van der Waals surface area contributed by atoms with Crippen LogP contribution in [0.5, 0.6) is 5.75 Å². The number of hydrogen-bond donors (Lipinski definition) is 1. The minimum absolute atomic E-state index is 0.234. The van der Waals surface area contributed by atoms with Gasteiger partial charge >= 0.3 is 0 Å². The number of anilines is 1. The molecular formula is C23H16ClN5O. The zero-order chi connectivity index (χ0) is 20.1. The second-order valence-corrected chi connectivity index (χ2v) is 7.60. The Morgan fingerprint density at radius 1 is 1.00 bits per heavy atom. The van der Waals surface area contributed by atoms with Gasteiger partial charge < -0.3 is 10.1 Å². The van der Waals surface area contributed by atoms with Gasteiger partial charge in [0.2, 0.25) is 5.95 Å². The number of benzene rings is 2. The zero-order valence-electron chi connectivity index (χ0n) is 15.7. The summed E-state index contributed by atoms with van der Waals surface area (Å²) in [7, 11) is 0. The highest BCUT2D eigenvalue weighted by Gasteiger charge is 2.41. The van der Waals surface area contributed by atoms with Crippen molar-refractivity contribution in [3.05, 3.63) is 107 Å². The number of hydrogen-bond acceptors (Lipinski definition) is 5. The Bertz CT molecular complexity index is 1280. The van der Waals surface area contributed by atoms with Crippen LogP contribution in [0.4, 0.5) is 5.95 Å². The predicted octanol–water partition coefficient (Wildman–Crippen LogP) is 4.89. The molecule has 30 heavy (non-hydrogen) atoms. The van der Waals surface area contributed by atoms with E-state index in [0.29, 0.717) is 11.0 Å². The van der Waals surface area contributed by atoms with E-state index in [1.54, 1.807) is 12.5 Å². The Morgan fingerprint density at radius 2 is 1.87 bits per heavy atom. The van der Waals surface area contributed by atoms with Crippen LogP contribution in [0.2, 0.25) is 5.02 Å². The molecule has 1 N–H and O–H groups in total. The molecule has 0 radical (unpaired) electrons. The third-order valence-electron chi connectivity index (χ3n) is 5.51. The first-order chi connectivity index (χ1) is 14.8. The topological polar surface area (TPSA) is 64.9 Å². The molecule has 0 unspecified atom stereocenters. The predicted molar refractivity (Wildman–Crippen MR) is 114 cm³/mol. The SMILES string of the molecule is Clc1ccccc1[C@H]1Oc2ccccc2C2=C1[C@H](c1cccnc1)n1ncnc1N2. The van der Waals surface area contributed by atoms with E-state index in [2.05, 4.69) is 20.4 Å². The lowest BCUT2D eigenvalue weighted by molar-refractivity contribution is 0.223. The average molecular weight is 414 g/mol. The number of nitrogens with one attached hydrogen (secondary N) is 1. The van der Waals surface area contributed by atoms with E-state index in [4.69, 9.17) is 16.3 Å². The largest absolute Gasteiger partial charge is 0.480 e. The molecule has 0 saturated heterocycles. The minimum Gasteiger partial charge on any atom is -0.480 e. The van der Waals surface area contributed by atoms with Crippen molar-refractivity contribution >= 4 is 23.2 Å². The standard InChI is InChI=1S/C23H16ClN5O/c24-17-9-3-1-7-15(17)22-19-20(16-8-2-4-10-18(16)30-22)28-23-26-13-27-29(23)21(19)14-6-5-11-25-12-14/h1-13,21-22H,(H,26,27,28)/t21-,22+/m0/s1. The van der Waals surface area contributed by atoms with E-state index < -0.39 is 6.10 Å². The molecule has 2 aliphatic rings. The van der Waals surface area contributed by atoms with Gasteiger partial charge in [0.15, 0.2) is 6.10 Å². The first-order valence-corrected chi connectivity index (χ1v) is 10.00. The highest BCUT2D eigenvalue weighted by atomic mass is 35.5. The summed E-state index contributed by atoms with van der Waals surface area (Å²) in [4.78, 5) is 8.77. The molecule has 0 amide bonds. The van der Waals surface area contributed by atoms with Gasteiger partial charge in [-0.25, -0.2) is 4.68 Å². The third-order valence-corrected chi connectivity index (χ3v) is 5.85. The lowest BCUT2D eigenvalue weighted by Crippen LogP contribution is -2.32. The molecule has 0 bridgehead atoms. The Kier molecular flexibility index (Phi) is 3.86. The summed E-state index contributed by atoms with van der Waals surface area (Å²) >= 11 is 6.62. The lowest BCUT2D eigenvalue weighted by Gasteiger charge is -2.39. The molecule has 6 rings (SSSR count). The maximum atomic E-state index is 6.62. The van der Waals surface area contributed by atoms with Crippen molar-refractivity contribution in [3.63, 3.8) is 0 Å². The Labute approximate surface area is 177 Å². The molecule has 2 aromatic heterocycles. The minimum atomic E-state index is -0.390. The van der Waals surface area contributed by atoms with Crippen molar-refractivity contribution in [3.8, 4) is 5.75 Å². The maximum Gasteiger partial charge on any atom is 0.226 e. The summed E-state index contributed by atoms with van der Waals surface area (Å²) in [6, 6.07) is 19.5. The normalized spacial score (nSPS) is 19.2. The number of aromatic nitrogens is 4. The number of halogens is 1. The molecule has 146 valence electrons. The van der Waals surface area contributed by atoms with Crippen LogP contribution in [-0.2, 0) is 0 Å². The van der Waals surface area contributed by atoms with Crippen molar-refractivity contribution in [2.24, 2.45) is 0 Å². The fraction of sp³-hybridized carbons (Fsp3) is 0.0870. The van der Waals surface area contributed by atoms with Gasteiger partial charge in [-0.1, -0.05) is 48.0 Å². The molecule has 0 aliphatic carbocycles. The molecular weight excluding hydrogens is 398 g/mol. The summed E-state index contributed by atoms with van der Waals surface area (Å²) in [5.41, 5.74) is 4.88. The monoisotopic (exact) mass is 413 g/mol. The second kappa shape index (κ2) is 6.71. The number of ether oxygens (including phenoxy) is 1. The smallest absolute Gasteiger partial charge is 0.226 e. The highest BCUT2D eigenvalue weighted by Crippen LogP contribution is 2.51. The van der Waals surface area contributed by atoms with Crippen molar-refractivity contribution in [2.45, 2.75) is 12.1 Å². The van der Waals surface area contributed by atoms with Crippen molar-refractivity contribution in [1.82, 2.24) is 19.7 Å². The van der Waals surface area contributed by atoms with E-state index in [-0.39, 0.29) is 6.04 Å². The Hall–Kier alpha value is -3.64. The van der Waals surface area contributed by atoms with Crippen LogP contribution in [0.3, 0.4) is 0 Å². The molecule has 2 aromatic carbocycles. The van der Waals surface area contributed by atoms with E-state index in [1.807, 2.05) is 71.5 Å². The molecule has 0 spiro atoms. The van der Waals surface area contributed by atoms with Crippen LogP contribution in [0.15, 0.2) is 85.0 Å². The average Bonchev–Trinajstić information content (AvgIpc) is 3.26. The maximum absolute atomic E-state index is 6.62. The fourth-order valence-electron chi connectivity index (χ4n) is 4.22. The molecule has 4 heterocycles. The van der Waals surface area contributed by atoms with Gasteiger partial charge in [0, 0.05) is 34.1 Å². The van der Waals surface area contributed by atoms with Crippen LogP contribution >= 0.6 is 11.6 Å². The highest BCUT2D eigenvalue weighted by molar-refractivity contribution is 6.31. The molecule has 0 fully saturated rings. The van der Waals surface area contributed by atoms with Crippen molar-refractivity contribution in [1.29, 1.82) is 0 Å². The lowest BCUT2D eigenvalue weighted by atomic mass is 9.85. The van der Waals surface area contributed by atoms with Crippen molar-refractivity contribution in [2.75, 3.05) is 5.32 Å². The third kappa shape index (κ3) is 2.54. The summed E-state index contributed by atoms with van der Waals surface area (Å²) in [6.07, 6.45) is 4.79. The second-order valence-electron chi connectivity index (χ2n) is 7.19. The first-order valence-electron chi connectivity index (χ1n) is 9.62. The van der Waals surface area contributed by atoms with Crippen molar-refractivity contribution < 1.29 is 4.74 Å². The first kappa shape index (κ1) is 17.2. The van der Waals surface area contributed by atoms with Crippen LogP contribution in [0.25, 0.3) is 5.70 Å². The molecule has 6 nitrogen and oxygen atoms in total. The fourth-order valence-corrected chi connectivity index (χ4v) is 4.46. The van der Waals surface area contributed by atoms with E-state index in [9.17, 15) is 0 Å². The van der Waals surface area contributed by atoms with E-state index >= 15 is 0 Å². The number of para-hydroxylation sites is 1. The molecule has 7 heteroatoms.